The largest absolute Gasteiger partial charge is 0.397 e. The van der Waals surface area contributed by atoms with Crippen molar-refractivity contribution < 1.29 is 4.79 Å². The summed E-state index contributed by atoms with van der Waals surface area (Å²) >= 11 is 3.28. The maximum absolute atomic E-state index is 12.2. The number of nitriles is 1. The van der Waals surface area contributed by atoms with E-state index in [-0.39, 0.29) is 5.91 Å². The van der Waals surface area contributed by atoms with E-state index in [1.165, 1.54) is 6.20 Å². The molecule has 0 saturated carbocycles. The van der Waals surface area contributed by atoms with Crippen LogP contribution in [0.3, 0.4) is 0 Å². The van der Waals surface area contributed by atoms with Crippen LogP contribution in [0.25, 0.3) is 0 Å². The van der Waals surface area contributed by atoms with E-state index in [1.807, 2.05) is 6.07 Å². The van der Waals surface area contributed by atoms with E-state index in [0.717, 1.165) is 4.47 Å². The Labute approximate surface area is 124 Å². The molecule has 1 heterocycles. The number of aryl methyl sites for hydroxylation is 1. The Balaban J connectivity index is 2.33. The van der Waals surface area contributed by atoms with Gasteiger partial charge in [-0.15, -0.1) is 0 Å². The molecule has 0 unspecified atom stereocenters. The van der Waals surface area contributed by atoms with E-state index in [1.54, 1.807) is 31.2 Å². The number of pyridine rings is 1. The summed E-state index contributed by atoms with van der Waals surface area (Å²) in [6.45, 7) is 1.72. The molecule has 1 aromatic heterocycles. The Kier molecular flexibility index (Phi) is 4.01. The molecule has 6 heteroatoms. The third-order valence-corrected chi connectivity index (χ3v) is 3.20. The number of nitrogens with two attached hydrogens (primary N) is 1. The number of nitrogens with zero attached hydrogens (tertiary/aromatic N) is 2. The maximum Gasteiger partial charge on any atom is 0.257 e. The number of carbonyl (C=O) groups excluding carboxylic acids is 1. The highest BCUT2D eigenvalue weighted by Crippen LogP contribution is 2.21. The Morgan fingerprint density at radius 1 is 1.45 bits per heavy atom. The lowest BCUT2D eigenvalue weighted by Crippen LogP contribution is -2.15. The molecular formula is C14H11BrN4O. The van der Waals surface area contributed by atoms with Crippen LogP contribution in [0.15, 0.2) is 34.9 Å². The first kappa shape index (κ1) is 14.0. The van der Waals surface area contributed by atoms with Crippen LogP contribution in [-0.4, -0.2) is 10.9 Å². The van der Waals surface area contributed by atoms with Crippen molar-refractivity contribution in [3.05, 3.63) is 51.8 Å². The van der Waals surface area contributed by atoms with E-state index < -0.39 is 0 Å². The van der Waals surface area contributed by atoms with Gasteiger partial charge in [0, 0.05) is 4.47 Å². The van der Waals surface area contributed by atoms with Crippen molar-refractivity contribution in [2.75, 3.05) is 11.1 Å². The second-order valence-corrected chi connectivity index (χ2v) is 5.07. The Morgan fingerprint density at radius 2 is 2.20 bits per heavy atom. The molecule has 3 N–H and O–H groups in total. The molecule has 5 nitrogen and oxygen atoms in total. The highest BCUT2D eigenvalue weighted by Gasteiger charge is 2.13. The second kappa shape index (κ2) is 5.72. The average Bonchev–Trinajstić information content (AvgIpc) is 2.43. The molecule has 0 atom stereocenters. The highest BCUT2D eigenvalue weighted by molar-refractivity contribution is 9.10. The normalized spacial score (nSPS) is 9.85. The zero-order valence-electron chi connectivity index (χ0n) is 10.6. The number of nitrogens with one attached hydrogen (secondary N) is 1. The Hall–Kier alpha value is -2.39. The number of hydrogen-bond acceptors (Lipinski definition) is 4. The minimum atomic E-state index is -0.346. The van der Waals surface area contributed by atoms with Crippen molar-refractivity contribution in [2.24, 2.45) is 0 Å². The van der Waals surface area contributed by atoms with Crippen LogP contribution in [0, 0.1) is 18.3 Å². The quantitative estimate of drug-likeness (QED) is 0.885. The molecule has 0 radical (unpaired) electrons. The van der Waals surface area contributed by atoms with Crippen LogP contribution >= 0.6 is 15.9 Å². The maximum atomic E-state index is 12.2. The summed E-state index contributed by atoms with van der Waals surface area (Å²) in [6, 6.07) is 8.64. The molecule has 2 aromatic rings. The van der Waals surface area contributed by atoms with Gasteiger partial charge in [-0.1, -0.05) is 15.9 Å². The minimum absolute atomic E-state index is 0.346. The zero-order chi connectivity index (χ0) is 14.7. The van der Waals surface area contributed by atoms with Gasteiger partial charge in [0.25, 0.3) is 5.91 Å². The van der Waals surface area contributed by atoms with Gasteiger partial charge in [-0.05, 0) is 31.2 Å². The van der Waals surface area contributed by atoms with Crippen LogP contribution in [0.5, 0.6) is 0 Å². The lowest BCUT2D eigenvalue weighted by Gasteiger charge is -2.09. The van der Waals surface area contributed by atoms with Crippen LogP contribution in [0.2, 0.25) is 0 Å². The smallest absolute Gasteiger partial charge is 0.257 e. The molecular weight excluding hydrogens is 320 g/mol. The van der Waals surface area contributed by atoms with Gasteiger partial charge in [0.05, 0.1) is 34.4 Å². The molecule has 0 saturated heterocycles. The van der Waals surface area contributed by atoms with Crippen molar-refractivity contribution in [3.63, 3.8) is 0 Å². The standard InChI is InChI=1S/C14H11BrN4O/c1-8-12(5-11(17)7-18-8)14(20)19-13-3-2-10(15)4-9(13)6-16/h2-5,7H,17H2,1H3,(H,19,20). The second-order valence-electron chi connectivity index (χ2n) is 4.16. The number of rotatable bonds is 2. The molecule has 0 spiro atoms. The van der Waals surface area contributed by atoms with Crippen molar-refractivity contribution in [1.29, 1.82) is 5.26 Å². The van der Waals surface area contributed by atoms with Crippen molar-refractivity contribution in [3.8, 4) is 6.07 Å². The zero-order valence-corrected chi connectivity index (χ0v) is 12.2. The summed E-state index contributed by atoms with van der Waals surface area (Å²) in [6.07, 6.45) is 1.49. The van der Waals surface area contributed by atoms with E-state index >= 15 is 0 Å². The molecule has 0 bridgehead atoms. The first-order valence-corrected chi connectivity index (χ1v) is 6.53. The van der Waals surface area contributed by atoms with Crippen molar-refractivity contribution in [1.82, 2.24) is 4.98 Å². The lowest BCUT2D eigenvalue weighted by molar-refractivity contribution is 0.102. The molecule has 2 rings (SSSR count). The Bertz CT molecular complexity index is 722. The van der Waals surface area contributed by atoms with E-state index in [2.05, 4.69) is 26.2 Å². The van der Waals surface area contributed by atoms with E-state index in [4.69, 9.17) is 11.0 Å². The number of nitrogen functional groups attached to an aromatic ring is 1. The van der Waals surface area contributed by atoms with Gasteiger partial charge in [-0.25, -0.2) is 0 Å². The number of aromatic nitrogens is 1. The number of hydrogen-bond donors (Lipinski definition) is 2. The van der Waals surface area contributed by atoms with Gasteiger partial charge >= 0.3 is 0 Å². The van der Waals surface area contributed by atoms with Gasteiger partial charge in [0.15, 0.2) is 0 Å². The monoisotopic (exact) mass is 330 g/mol. The highest BCUT2D eigenvalue weighted by atomic mass is 79.9. The summed E-state index contributed by atoms with van der Waals surface area (Å²) in [4.78, 5) is 16.3. The average molecular weight is 331 g/mol. The van der Waals surface area contributed by atoms with Gasteiger partial charge in [0.1, 0.15) is 6.07 Å². The summed E-state index contributed by atoms with van der Waals surface area (Å²) < 4.78 is 0.772. The van der Waals surface area contributed by atoms with Crippen molar-refractivity contribution in [2.45, 2.75) is 6.92 Å². The SMILES string of the molecule is Cc1ncc(N)cc1C(=O)Nc1ccc(Br)cc1C#N. The topological polar surface area (TPSA) is 91.8 Å². The van der Waals surface area contributed by atoms with Gasteiger partial charge in [-0.2, -0.15) is 5.26 Å². The molecule has 1 aromatic carbocycles. The van der Waals surface area contributed by atoms with Gasteiger partial charge in [-0.3, -0.25) is 9.78 Å². The fourth-order valence-electron chi connectivity index (χ4n) is 1.69. The van der Waals surface area contributed by atoms with Crippen LogP contribution in [0.1, 0.15) is 21.6 Å². The van der Waals surface area contributed by atoms with Crippen LogP contribution < -0.4 is 11.1 Å². The molecule has 0 aliphatic heterocycles. The first-order valence-electron chi connectivity index (χ1n) is 5.74. The van der Waals surface area contributed by atoms with E-state index in [9.17, 15) is 4.79 Å². The predicted molar refractivity (Wildman–Crippen MR) is 80.2 cm³/mol. The van der Waals surface area contributed by atoms with E-state index in [0.29, 0.717) is 28.2 Å². The Morgan fingerprint density at radius 3 is 2.90 bits per heavy atom. The summed E-state index contributed by atoms with van der Waals surface area (Å²) in [7, 11) is 0. The summed E-state index contributed by atoms with van der Waals surface area (Å²) in [5, 5.41) is 11.8. The lowest BCUT2D eigenvalue weighted by atomic mass is 10.1. The summed E-state index contributed by atoms with van der Waals surface area (Å²) in [5.74, 6) is -0.346. The number of halogens is 1. The number of benzene rings is 1. The molecule has 0 fully saturated rings. The first-order chi connectivity index (χ1) is 9.51. The minimum Gasteiger partial charge on any atom is -0.397 e. The van der Waals surface area contributed by atoms with Crippen LogP contribution in [-0.2, 0) is 0 Å². The number of anilines is 2. The van der Waals surface area contributed by atoms with Crippen molar-refractivity contribution >= 4 is 33.2 Å². The fourth-order valence-corrected chi connectivity index (χ4v) is 2.05. The van der Waals surface area contributed by atoms with Gasteiger partial charge in [0.2, 0.25) is 0 Å². The van der Waals surface area contributed by atoms with Gasteiger partial charge < -0.3 is 11.1 Å². The predicted octanol–water partition coefficient (Wildman–Crippen LogP) is 2.86. The molecule has 1 amide bonds. The number of carbonyl (C=O) groups is 1. The number of amides is 1. The molecule has 0 aliphatic rings. The van der Waals surface area contributed by atoms with Crippen LogP contribution in [0.4, 0.5) is 11.4 Å². The third kappa shape index (κ3) is 2.95. The summed E-state index contributed by atoms with van der Waals surface area (Å²) in [5.41, 5.74) is 7.83. The molecule has 0 aliphatic carbocycles. The molecule has 100 valence electrons. The third-order valence-electron chi connectivity index (χ3n) is 2.70. The molecule has 20 heavy (non-hydrogen) atoms. The fraction of sp³-hybridized carbons (Fsp3) is 0.0714.